The molecule has 2 nitrogen and oxygen atoms in total. The van der Waals surface area contributed by atoms with Gasteiger partial charge in [0.15, 0.2) is 5.78 Å². The number of hydrogen-bond donors (Lipinski definition) is 0. The minimum Gasteiger partial charge on any atom is -0.306 e. The van der Waals surface area contributed by atoms with Gasteiger partial charge >= 0.3 is 0 Å². The van der Waals surface area contributed by atoms with Crippen LogP contribution in [0.3, 0.4) is 0 Å². The largest absolute Gasteiger partial charge is 0.306 e. The molecule has 1 fully saturated rings. The van der Waals surface area contributed by atoms with Crippen LogP contribution in [0.1, 0.15) is 39.4 Å². The number of benzene rings is 2. The lowest BCUT2D eigenvalue weighted by molar-refractivity contribution is 0.0822. The van der Waals surface area contributed by atoms with E-state index in [2.05, 4.69) is 50.1 Å². The molecule has 0 bridgehead atoms. The molecule has 2 aromatic carbocycles. The van der Waals surface area contributed by atoms with Crippen molar-refractivity contribution in [3.05, 3.63) is 70.8 Å². The number of piperidine rings is 1. The Balaban J connectivity index is 1.89. The highest BCUT2D eigenvalue weighted by atomic mass is 16.1. The first kappa shape index (κ1) is 15.9. The Labute approximate surface area is 139 Å². The molecule has 0 radical (unpaired) electrons. The van der Waals surface area contributed by atoms with E-state index in [-0.39, 0.29) is 11.8 Å². The Bertz CT molecular complexity index is 672. The molecular weight excluding hydrogens is 282 g/mol. The number of Topliss-reactive ketones (excluding diaryl/α,β-unsaturated/α-hetero) is 1. The molecule has 2 atom stereocenters. The molecule has 0 amide bonds. The summed E-state index contributed by atoms with van der Waals surface area (Å²) in [6.07, 6.45) is 0.932. The number of likely N-dealkylation sites (tertiary alicyclic amines) is 1. The van der Waals surface area contributed by atoms with Crippen molar-refractivity contribution in [3.8, 4) is 0 Å². The van der Waals surface area contributed by atoms with Gasteiger partial charge in [-0.3, -0.25) is 4.79 Å². The van der Waals surface area contributed by atoms with Crippen LogP contribution >= 0.6 is 0 Å². The number of rotatable bonds is 3. The number of nitrogens with zero attached hydrogens (tertiary/aromatic N) is 1. The van der Waals surface area contributed by atoms with E-state index in [4.69, 9.17) is 0 Å². The first-order valence-corrected chi connectivity index (χ1v) is 8.40. The zero-order chi connectivity index (χ0) is 16.4. The summed E-state index contributed by atoms with van der Waals surface area (Å²) in [5, 5.41) is 0. The Kier molecular flexibility index (Phi) is 4.63. The molecular formula is C21H25NO. The Morgan fingerprint density at radius 1 is 0.957 bits per heavy atom. The Morgan fingerprint density at radius 3 is 2.13 bits per heavy atom. The molecule has 1 heterocycles. The van der Waals surface area contributed by atoms with E-state index in [1.165, 1.54) is 16.7 Å². The van der Waals surface area contributed by atoms with Crippen molar-refractivity contribution < 1.29 is 4.79 Å². The average Bonchev–Trinajstić information content (AvgIpc) is 2.55. The van der Waals surface area contributed by atoms with Gasteiger partial charge in [-0.05, 0) is 39.4 Å². The Morgan fingerprint density at radius 2 is 1.52 bits per heavy atom. The molecule has 1 aliphatic rings. The molecule has 2 aromatic rings. The van der Waals surface area contributed by atoms with Crippen molar-refractivity contribution in [2.75, 3.05) is 20.1 Å². The van der Waals surface area contributed by atoms with Gasteiger partial charge in [0.25, 0.3) is 0 Å². The standard InChI is InChI=1S/C21H25NO/c1-15-4-8-17(9-5-15)20-14-22(3)13-12-19(20)21(23)18-10-6-16(2)7-11-18/h4-11,19-20H,12-14H2,1-3H3. The molecule has 2 heteroatoms. The van der Waals surface area contributed by atoms with E-state index >= 15 is 0 Å². The third-order valence-electron chi connectivity index (χ3n) is 4.99. The molecule has 2 unspecified atom stereocenters. The maximum absolute atomic E-state index is 13.0. The van der Waals surface area contributed by atoms with Gasteiger partial charge < -0.3 is 4.90 Å². The van der Waals surface area contributed by atoms with E-state index in [0.717, 1.165) is 25.1 Å². The summed E-state index contributed by atoms with van der Waals surface area (Å²) in [5.74, 6) is 0.656. The van der Waals surface area contributed by atoms with Crippen molar-refractivity contribution >= 4 is 5.78 Å². The van der Waals surface area contributed by atoms with Gasteiger partial charge in [-0.25, -0.2) is 0 Å². The molecule has 23 heavy (non-hydrogen) atoms. The van der Waals surface area contributed by atoms with Gasteiger partial charge in [0.1, 0.15) is 0 Å². The summed E-state index contributed by atoms with van der Waals surface area (Å²) in [5.41, 5.74) is 4.59. The minimum absolute atomic E-state index is 0.0802. The molecule has 120 valence electrons. The molecule has 1 saturated heterocycles. The van der Waals surface area contributed by atoms with Crippen molar-refractivity contribution in [2.24, 2.45) is 5.92 Å². The normalized spacial score (nSPS) is 22.0. The highest BCUT2D eigenvalue weighted by molar-refractivity contribution is 5.98. The van der Waals surface area contributed by atoms with Crippen molar-refractivity contribution in [1.82, 2.24) is 4.90 Å². The maximum atomic E-state index is 13.0. The zero-order valence-corrected chi connectivity index (χ0v) is 14.3. The lowest BCUT2D eigenvalue weighted by Crippen LogP contribution is -2.40. The highest BCUT2D eigenvalue weighted by Gasteiger charge is 2.34. The fourth-order valence-electron chi connectivity index (χ4n) is 3.51. The average molecular weight is 307 g/mol. The van der Waals surface area contributed by atoms with Gasteiger partial charge in [0, 0.05) is 23.9 Å². The highest BCUT2D eigenvalue weighted by Crippen LogP contribution is 2.34. The van der Waals surface area contributed by atoms with E-state index < -0.39 is 0 Å². The van der Waals surface area contributed by atoms with Crippen molar-refractivity contribution in [3.63, 3.8) is 0 Å². The number of aryl methyl sites for hydroxylation is 2. The van der Waals surface area contributed by atoms with Crippen LogP contribution in [0.25, 0.3) is 0 Å². The summed E-state index contributed by atoms with van der Waals surface area (Å²) in [7, 11) is 2.15. The fraction of sp³-hybridized carbons (Fsp3) is 0.381. The molecule has 0 aromatic heterocycles. The number of ketones is 1. The monoisotopic (exact) mass is 307 g/mol. The topological polar surface area (TPSA) is 20.3 Å². The zero-order valence-electron chi connectivity index (χ0n) is 14.3. The van der Waals surface area contributed by atoms with Gasteiger partial charge in [-0.15, -0.1) is 0 Å². The van der Waals surface area contributed by atoms with Crippen LogP contribution in [0, 0.1) is 19.8 Å². The lowest BCUT2D eigenvalue weighted by Gasteiger charge is -2.36. The van der Waals surface area contributed by atoms with E-state index in [1.807, 2.05) is 24.3 Å². The summed E-state index contributed by atoms with van der Waals surface area (Å²) in [4.78, 5) is 15.4. The van der Waals surface area contributed by atoms with Crippen LogP contribution in [-0.2, 0) is 0 Å². The third kappa shape index (κ3) is 3.53. The van der Waals surface area contributed by atoms with Gasteiger partial charge in [-0.2, -0.15) is 0 Å². The second-order valence-electron chi connectivity index (χ2n) is 6.90. The molecule has 0 spiro atoms. The van der Waals surface area contributed by atoms with E-state index in [1.54, 1.807) is 0 Å². The van der Waals surface area contributed by atoms with Gasteiger partial charge in [0.2, 0.25) is 0 Å². The summed E-state index contributed by atoms with van der Waals surface area (Å²) < 4.78 is 0. The summed E-state index contributed by atoms with van der Waals surface area (Å²) >= 11 is 0. The SMILES string of the molecule is Cc1ccc(C(=O)C2CCN(C)CC2c2ccc(C)cc2)cc1. The first-order chi connectivity index (χ1) is 11.0. The first-order valence-electron chi connectivity index (χ1n) is 8.40. The number of likely N-dealkylation sites (N-methyl/N-ethyl adjacent to an activating group) is 1. The molecule has 0 N–H and O–H groups in total. The maximum Gasteiger partial charge on any atom is 0.166 e. The molecule has 0 saturated carbocycles. The van der Waals surface area contributed by atoms with Crippen LogP contribution in [-0.4, -0.2) is 30.8 Å². The van der Waals surface area contributed by atoms with Crippen molar-refractivity contribution in [1.29, 1.82) is 0 Å². The second kappa shape index (κ2) is 6.67. The molecule has 0 aliphatic carbocycles. The quantitative estimate of drug-likeness (QED) is 0.791. The fourth-order valence-corrected chi connectivity index (χ4v) is 3.51. The van der Waals surface area contributed by atoms with Crippen molar-refractivity contribution in [2.45, 2.75) is 26.2 Å². The minimum atomic E-state index is 0.0802. The summed E-state index contributed by atoms with van der Waals surface area (Å²) in [6, 6.07) is 16.7. The van der Waals surface area contributed by atoms with E-state index in [0.29, 0.717) is 5.78 Å². The smallest absolute Gasteiger partial charge is 0.166 e. The van der Waals surface area contributed by atoms with Crippen LogP contribution in [0.5, 0.6) is 0 Å². The number of carbonyl (C=O) groups is 1. The molecule has 1 aliphatic heterocycles. The predicted octanol–water partition coefficient (Wildman–Crippen LogP) is 4.22. The second-order valence-corrected chi connectivity index (χ2v) is 6.90. The Hall–Kier alpha value is -1.93. The predicted molar refractivity (Wildman–Crippen MR) is 95.0 cm³/mol. The molecule has 3 rings (SSSR count). The van der Waals surface area contributed by atoms with Gasteiger partial charge in [0.05, 0.1) is 0 Å². The lowest BCUT2D eigenvalue weighted by atomic mass is 9.76. The van der Waals surface area contributed by atoms with Crippen LogP contribution in [0.2, 0.25) is 0 Å². The van der Waals surface area contributed by atoms with Crippen LogP contribution < -0.4 is 0 Å². The van der Waals surface area contributed by atoms with Crippen LogP contribution in [0.15, 0.2) is 48.5 Å². The van der Waals surface area contributed by atoms with Crippen LogP contribution in [0.4, 0.5) is 0 Å². The summed E-state index contributed by atoms with van der Waals surface area (Å²) in [6.45, 7) is 6.10. The third-order valence-corrected chi connectivity index (χ3v) is 4.99. The van der Waals surface area contributed by atoms with E-state index in [9.17, 15) is 4.79 Å². The van der Waals surface area contributed by atoms with Gasteiger partial charge in [-0.1, -0.05) is 59.7 Å². The number of hydrogen-bond acceptors (Lipinski definition) is 2. The number of carbonyl (C=O) groups excluding carboxylic acids is 1.